The molecule has 9 N–H and O–H groups in total. The smallest absolute Gasteiger partial charge is 0.410 e. The number of anilines is 1. The summed E-state index contributed by atoms with van der Waals surface area (Å²) in [6.07, 6.45) is -8.75. The van der Waals surface area contributed by atoms with Crippen LogP contribution in [0.5, 0.6) is 0 Å². The molecule has 0 radical (unpaired) electrons. The number of carbonyl (C=O) groups is 10. The third kappa shape index (κ3) is 18.0. The molecule has 12 atom stereocenters. The number of aliphatic carboxylic acids is 1. The first-order chi connectivity index (χ1) is 36.1. The third-order valence-corrected chi connectivity index (χ3v) is 13.3. The topological polar surface area (TPSA) is 358 Å². The minimum absolute atomic E-state index is 0.0942. The number of carbonyl (C=O) groups excluding carboxylic acids is 9. The summed E-state index contributed by atoms with van der Waals surface area (Å²) in [6.45, 7) is 14.3. The molecule has 3 rings (SSSR count). The fourth-order valence-electron chi connectivity index (χ4n) is 8.57. The quantitative estimate of drug-likeness (QED) is 0.0465. The molecule has 1 aromatic rings. The van der Waals surface area contributed by atoms with Gasteiger partial charge >= 0.3 is 12.1 Å². The number of nitrogens with one attached hydrogen (secondary N) is 5. The van der Waals surface area contributed by atoms with Gasteiger partial charge in [0.05, 0.1) is 18.8 Å². The molecule has 2 heterocycles. The number of amides is 9. The van der Waals surface area contributed by atoms with Crippen LogP contribution in [0, 0.1) is 23.7 Å². The number of imide groups is 1. The molecular weight excluding hydrogens is 1010 g/mol. The number of aliphatic hydroxyl groups is 3. The van der Waals surface area contributed by atoms with Gasteiger partial charge in [0.15, 0.2) is 12.4 Å². The lowest BCUT2D eigenvalue weighted by molar-refractivity contribution is -0.294. The van der Waals surface area contributed by atoms with E-state index in [9.17, 15) is 68.4 Å². The summed E-state index contributed by atoms with van der Waals surface area (Å²) in [4.78, 5) is 133. The van der Waals surface area contributed by atoms with Crippen LogP contribution in [0.3, 0.4) is 0 Å². The van der Waals surface area contributed by atoms with Crippen LogP contribution in [-0.2, 0) is 68.7 Å². The van der Waals surface area contributed by atoms with Crippen molar-refractivity contribution < 1.29 is 87.3 Å². The van der Waals surface area contributed by atoms with E-state index in [2.05, 4.69) is 26.6 Å². The molecule has 430 valence electrons. The predicted octanol–water partition coefficient (Wildman–Crippen LogP) is -0.767. The summed E-state index contributed by atoms with van der Waals surface area (Å²) in [5, 5.41) is 53.4. The van der Waals surface area contributed by atoms with Crippen LogP contribution in [0.25, 0.3) is 0 Å². The van der Waals surface area contributed by atoms with Gasteiger partial charge in [-0.25, -0.2) is 9.59 Å². The lowest BCUT2D eigenvalue weighted by Crippen LogP contribution is -2.61. The van der Waals surface area contributed by atoms with Gasteiger partial charge in [-0.2, -0.15) is 0 Å². The summed E-state index contributed by atoms with van der Waals surface area (Å²) in [6, 6.07) is 0.681. The van der Waals surface area contributed by atoms with Crippen molar-refractivity contribution in [3.8, 4) is 0 Å². The lowest BCUT2D eigenvalue weighted by atomic mass is 9.92. The average molecular weight is 1090 g/mol. The van der Waals surface area contributed by atoms with Gasteiger partial charge in [0.1, 0.15) is 55.6 Å². The van der Waals surface area contributed by atoms with Gasteiger partial charge in [0, 0.05) is 52.0 Å². The Morgan fingerprint density at radius 3 is 1.87 bits per heavy atom. The number of nitrogens with zero attached hydrogens (tertiary/aromatic N) is 3. The number of carboxylic acid groups (broad SMARTS) is 1. The summed E-state index contributed by atoms with van der Waals surface area (Å²) in [5.41, 5.74) is 0.591. The standard InChI is InChI=1S/C51H78N8O18/c1-13-28(8)40(29(9)74-12)57(10)48(70)38(26(4)5)56-47(69)39(27(6)7)58(11)51(73)76-23-30-14-16-31(17-15-30)53-45(67)32(24-75-50-43(66)41(64)42(65)44(77-50)49(71)72)54-46(68)37(25(2)3)55-33(60)20-21-52-34(61)22-59-35(62)18-19-36(59)63/h14-19,25-29,32,37-44,50,64-66H,13,20-24H2,1-12H3,(H,52,61)(H,53,67)(H,54,68)(H,55,60)(H,56,69)(H,71,72)/t28-,29+,32-,37-,38-,39-,40-,41-,42-,43+,44-,50+/m0/s1. The number of benzene rings is 1. The SMILES string of the molecule is CC[C@H](C)[C@@H]([C@@H](C)OC)N(C)C(=O)[C@@H](NC(=O)[C@H](C(C)C)N(C)C(=O)OCc1ccc(NC(=O)[C@H](CO[C@@H]2O[C@H](C(=O)O)[C@@H](O)[C@H](O)[C@H]2O)NC(=O)[C@@H](NC(=O)CCNC(=O)CN2C(=O)C=CC2=O)C(C)C)cc1)C(C)C. The van der Waals surface area contributed by atoms with E-state index in [1.165, 1.54) is 31.3 Å². The van der Waals surface area contributed by atoms with Gasteiger partial charge < -0.3 is 70.9 Å². The Hall–Kier alpha value is -6.58. The second-order valence-corrected chi connectivity index (χ2v) is 20.2. The Labute approximate surface area is 447 Å². The van der Waals surface area contributed by atoms with E-state index in [0.29, 0.717) is 10.5 Å². The predicted molar refractivity (Wildman–Crippen MR) is 273 cm³/mol. The fourth-order valence-corrected chi connectivity index (χ4v) is 8.57. The van der Waals surface area contributed by atoms with Gasteiger partial charge in [-0.1, -0.05) is 73.9 Å². The van der Waals surface area contributed by atoms with Crippen LogP contribution < -0.4 is 26.6 Å². The van der Waals surface area contributed by atoms with E-state index in [0.717, 1.165) is 23.5 Å². The van der Waals surface area contributed by atoms with Gasteiger partial charge in [0.2, 0.25) is 35.4 Å². The van der Waals surface area contributed by atoms with E-state index in [1.807, 2.05) is 34.6 Å². The second kappa shape index (κ2) is 29.8. The maximum absolute atomic E-state index is 14.0. The van der Waals surface area contributed by atoms with Crippen molar-refractivity contribution in [2.24, 2.45) is 23.7 Å². The van der Waals surface area contributed by atoms with Gasteiger partial charge in [-0.3, -0.25) is 48.2 Å². The molecule has 26 nitrogen and oxygen atoms in total. The molecule has 0 saturated carbocycles. The van der Waals surface area contributed by atoms with Gasteiger partial charge in [-0.15, -0.1) is 0 Å². The van der Waals surface area contributed by atoms with Crippen molar-refractivity contribution in [1.82, 2.24) is 36.0 Å². The van der Waals surface area contributed by atoms with Crippen molar-refractivity contribution >= 4 is 65.0 Å². The Morgan fingerprint density at radius 2 is 1.34 bits per heavy atom. The van der Waals surface area contributed by atoms with Crippen molar-refractivity contribution in [3.05, 3.63) is 42.0 Å². The van der Waals surface area contributed by atoms with Crippen LogP contribution >= 0.6 is 0 Å². The number of ether oxygens (including phenoxy) is 4. The fraction of sp³-hybridized carbons (Fsp3) is 0.647. The van der Waals surface area contributed by atoms with Gasteiger partial charge in [-0.05, 0) is 48.3 Å². The maximum atomic E-state index is 14.0. The van der Waals surface area contributed by atoms with Crippen molar-refractivity contribution in [1.29, 1.82) is 0 Å². The van der Waals surface area contributed by atoms with E-state index < -0.39 is 133 Å². The molecule has 77 heavy (non-hydrogen) atoms. The normalized spacial score (nSPS) is 21.1. The highest BCUT2D eigenvalue weighted by Gasteiger charge is 2.48. The average Bonchev–Trinajstić information content (AvgIpc) is 3.68. The minimum Gasteiger partial charge on any atom is -0.479 e. The Balaban J connectivity index is 1.73. The molecule has 1 saturated heterocycles. The highest BCUT2D eigenvalue weighted by molar-refractivity contribution is 6.14. The molecule has 1 aromatic carbocycles. The van der Waals surface area contributed by atoms with Crippen LogP contribution in [0.2, 0.25) is 0 Å². The zero-order valence-corrected chi connectivity index (χ0v) is 45.7. The largest absolute Gasteiger partial charge is 0.479 e. The lowest BCUT2D eigenvalue weighted by Gasteiger charge is -2.39. The zero-order chi connectivity index (χ0) is 58.2. The molecule has 0 spiro atoms. The maximum Gasteiger partial charge on any atom is 0.410 e. The molecule has 0 unspecified atom stereocenters. The number of carboxylic acids is 1. The van der Waals surface area contributed by atoms with Crippen LogP contribution in [0.4, 0.5) is 10.5 Å². The summed E-state index contributed by atoms with van der Waals surface area (Å²) >= 11 is 0. The molecule has 2 aliphatic rings. The molecule has 0 aromatic heterocycles. The molecule has 26 heteroatoms. The van der Waals surface area contributed by atoms with Crippen LogP contribution in [0.15, 0.2) is 36.4 Å². The van der Waals surface area contributed by atoms with Crippen LogP contribution in [0.1, 0.15) is 80.7 Å². The first-order valence-electron chi connectivity index (χ1n) is 25.4. The number of likely N-dealkylation sites (N-methyl/N-ethyl adjacent to an activating group) is 2. The molecule has 0 bridgehead atoms. The molecular formula is C51H78N8O18. The number of aliphatic hydroxyl groups excluding tert-OH is 3. The van der Waals surface area contributed by atoms with Crippen LogP contribution in [-0.4, -0.2) is 202 Å². The van der Waals surface area contributed by atoms with Crippen molar-refractivity contribution in [2.45, 2.75) is 149 Å². The Bertz CT molecular complexity index is 2250. The number of methoxy groups -OCH3 is 1. The van der Waals surface area contributed by atoms with E-state index in [-0.39, 0.29) is 55.1 Å². The molecule has 9 amide bonds. The third-order valence-electron chi connectivity index (χ3n) is 13.3. The van der Waals surface area contributed by atoms with Gasteiger partial charge in [0.25, 0.3) is 11.8 Å². The zero-order valence-electron chi connectivity index (χ0n) is 45.7. The molecule has 2 aliphatic heterocycles. The Morgan fingerprint density at radius 1 is 0.740 bits per heavy atom. The van der Waals surface area contributed by atoms with Crippen molar-refractivity contribution in [2.75, 3.05) is 46.2 Å². The molecule has 0 aliphatic carbocycles. The highest BCUT2D eigenvalue weighted by Crippen LogP contribution is 2.24. The minimum atomic E-state index is -2.05. The van der Waals surface area contributed by atoms with Crippen molar-refractivity contribution in [3.63, 3.8) is 0 Å². The van der Waals surface area contributed by atoms with E-state index >= 15 is 0 Å². The number of rotatable bonds is 28. The highest BCUT2D eigenvalue weighted by atomic mass is 16.7. The Kier molecular flexibility index (Phi) is 25.0. The summed E-state index contributed by atoms with van der Waals surface area (Å²) in [5.74, 6) is -8.42. The monoisotopic (exact) mass is 1090 g/mol. The van der Waals surface area contributed by atoms with E-state index in [4.69, 9.17) is 18.9 Å². The summed E-state index contributed by atoms with van der Waals surface area (Å²) in [7, 11) is 4.67. The first kappa shape index (κ1) is 64.7. The summed E-state index contributed by atoms with van der Waals surface area (Å²) < 4.78 is 21.9. The molecule has 1 fully saturated rings. The number of hydrogen-bond donors (Lipinski definition) is 9. The number of hydrogen-bond acceptors (Lipinski definition) is 17. The first-order valence-corrected chi connectivity index (χ1v) is 25.4. The second-order valence-electron chi connectivity index (χ2n) is 20.2. The van der Waals surface area contributed by atoms with E-state index in [1.54, 1.807) is 46.8 Å².